The molecule has 1 amide bonds. The Morgan fingerprint density at radius 2 is 1.87 bits per heavy atom. The van der Waals surface area contributed by atoms with Gasteiger partial charge in [0, 0.05) is 28.9 Å². The van der Waals surface area contributed by atoms with Crippen molar-refractivity contribution in [1.82, 2.24) is 4.31 Å². The minimum Gasteiger partial charge on any atom is -0.379 e. The van der Waals surface area contributed by atoms with E-state index in [-0.39, 0.29) is 41.9 Å². The number of anilines is 1. The second-order valence-electron chi connectivity index (χ2n) is 6.50. The Hall–Kier alpha value is -2.11. The van der Waals surface area contributed by atoms with E-state index in [9.17, 15) is 22.0 Å². The predicted octanol–water partition coefficient (Wildman–Crippen LogP) is 4.11. The number of benzene rings is 2. The molecule has 4 rings (SSSR count). The summed E-state index contributed by atoms with van der Waals surface area (Å²) in [6, 6.07) is 7.29. The summed E-state index contributed by atoms with van der Waals surface area (Å²) in [6.45, 7) is 0.684. The molecule has 1 N–H and O–H groups in total. The quantitative estimate of drug-likeness (QED) is 0.620. The van der Waals surface area contributed by atoms with Gasteiger partial charge < -0.3 is 10.1 Å². The van der Waals surface area contributed by atoms with Crippen LogP contribution in [-0.2, 0) is 14.8 Å². The smallest absolute Gasteiger partial charge is 0.267 e. The molecule has 1 aromatic heterocycles. The van der Waals surface area contributed by atoms with Crippen LogP contribution in [0.25, 0.3) is 10.1 Å². The molecule has 11 heteroatoms. The Kier molecular flexibility index (Phi) is 5.78. The Morgan fingerprint density at radius 3 is 2.60 bits per heavy atom. The second-order valence-corrected chi connectivity index (χ2v) is 9.84. The average Bonchev–Trinajstić information content (AvgIpc) is 3.05. The summed E-state index contributed by atoms with van der Waals surface area (Å²) in [5.41, 5.74) is 0.0907. The minimum absolute atomic E-state index is 0.0907. The van der Waals surface area contributed by atoms with Gasteiger partial charge >= 0.3 is 0 Å². The second kappa shape index (κ2) is 8.20. The van der Waals surface area contributed by atoms with Gasteiger partial charge in [-0.25, -0.2) is 17.2 Å². The minimum atomic E-state index is -4.09. The molecule has 30 heavy (non-hydrogen) atoms. The van der Waals surface area contributed by atoms with Crippen LogP contribution in [-0.4, -0.2) is 44.9 Å². The average molecular weight is 473 g/mol. The molecule has 3 aromatic rings. The van der Waals surface area contributed by atoms with Crippen LogP contribution in [0, 0.1) is 11.6 Å². The number of fused-ring (bicyclic) bond motifs is 1. The largest absolute Gasteiger partial charge is 0.379 e. The maximum atomic E-state index is 14.3. The fraction of sp³-hybridized carbons (Fsp3) is 0.211. The number of carbonyl (C=O) groups excluding carboxylic acids is 1. The van der Waals surface area contributed by atoms with E-state index in [4.69, 9.17) is 16.3 Å². The van der Waals surface area contributed by atoms with E-state index < -0.39 is 32.5 Å². The molecule has 1 fully saturated rings. The molecular weight excluding hydrogens is 458 g/mol. The van der Waals surface area contributed by atoms with Gasteiger partial charge in [-0.05, 0) is 36.4 Å². The Labute approximate surface area is 180 Å². The topological polar surface area (TPSA) is 75.7 Å². The molecule has 1 aliphatic heterocycles. The van der Waals surface area contributed by atoms with E-state index in [1.165, 1.54) is 24.3 Å². The van der Waals surface area contributed by atoms with Gasteiger partial charge in [-0.2, -0.15) is 4.31 Å². The van der Waals surface area contributed by atoms with Crippen molar-refractivity contribution >= 4 is 54.6 Å². The lowest BCUT2D eigenvalue weighted by atomic mass is 10.2. The molecule has 0 spiro atoms. The van der Waals surface area contributed by atoms with Crippen LogP contribution in [0.2, 0.25) is 5.02 Å². The molecule has 0 radical (unpaired) electrons. The molecule has 0 atom stereocenters. The van der Waals surface area contributed by atoms with E-state index in [0.717, 1.165) is 27.8 Å². The van der Waals surface area contributed by atoms with Crippen molar-refractivity contribution in [1.29, 1.82) is 0 Å². The number of hydrogen-bond donors (Lipinski definition) is 1. The zero-order valence-corrected chi connectivity index (χ0v) is 17.7. The third-order valence-corrected chi connectivity index (χ3v) is 8.14. The summed E-state index contributed by atoms with van der Waals surface area (Å²) in [7, 11) is -4.09. The number of rotatable bonds is 4. The van der Waals surface area contributed by atoms with E-state index in [1.807, 2.05) is 0 Å². The van der Waals surface area contributed by atoms with Gasteiger partial charge in [0.1, 0.15) is 21.4 Å². The molecule has 0 saturated carbocycles. The summed E-state index contributed by atoms with van der Waals surface area (Å²) in [5.74, 6) is -1.98. The standard InChI is InChI=1S/C19H15ClF2N2O4S2/c20-17-13-3-1-11(21)9-15(13)29-18(17)19(25)23-12-2-4-14(22)16(10-12)30(26,27)24-5-7-28-8-6-24/h1-4,9-10H,5-8H2,(H,23,25). The van der Waals surface area contributed by atoms with E-state index in [1.54, 1.807) is 0 Å². The predicted molar refractivity (Wildman–Crippen MR) is 111 cm³/mol. The normalized spacial score (nSPS) is 15.4. The third kappa shape index (κ3) is 3.93. The number of nitrogens with zero attached hydrogens (tertiary/aromatic N) is 1. The summed E-state index contributed by atoms with van der Waals surface area (Å²) >= 11 is 7.26. The highest BCUT2D eigenvalue weighted by atomic mass is 35.5. The zero-order valence-electron chi connectivity index (χ0n) is 15.3. The van der Waals surface area contributed by atoms with Gasteiger partial charge in [-0.1, -0.05) is 11.6 Å². The third-order valence-electron chi connectivity index (χ3n) is 4.57. The number of carbonyl (C=O) groups is 1. The van der Waals surface area contributed by atoms with E-state index in [0.29, 0.717) is 10.1 Å². The number of halogens is 3. The molecule has 0 unspecified atom stereocenters. The Morgan fingerprint density at radius 1 is 1.13 bits per heavy atom. The number of hydrogen-bond acceptors (Lipinski definition) is 5. The Bertz CT molecular complexity index is 1240. The first kappa shape index (κ1) is 21.1. The molecular formula is C19H15ClF2N2O4S2. The van der Waals surface area contributed by atoms with Crippen LogP contribution in [0.1, 0.15) is 9.67 Å². The first-order valence-corrected chi connectivity index (χ1v) is 11.5. The van der Waals surface area contributed by atoms with Crippen LogP contribution in [0.5, 0.6) is 0 Å². The number of amides is 1. The summed E-state index contributed by atoms with van der Waals surface area (Å²) in [6.07, 6.45) is 0. The van der Waals surface area contributed by atoms with Crippen LogP contribution in [0.15, 0.2) is 41.3 Å². The molecule has 158 valence electrons. The monoisotopic (exact) mass is 472 g/mol. The van der Waals surface area contributed by atoms with Gasteiger partial charge in [-0.15, -0.1) is 11.3 Å². The van der Waals surface area contributed by atoms with Crippen LogP contribution >= 0.6 is 22.9 Å². The molecule has 0 aliphatic carbocycles. The Balaban J connectivity index is 1.63. The highest BCUT2D eigenvalue weighted by molar-refractivity contribution is 7.89. The molecule has 1 aliphatic rings. The molecule has 2 heterocycles. The van der Waals surface area contributed by atoms with Gasteiger partial charge in [0.05, 0.1) is 18.2 Å². The van der Waals surface area contributed by atoms with E-state index in [2.05, 4.69) is 5.32 Å². The number of sulfonamides is 1. The van der Waals surface area contributed by atoms with Gasteiger partial charge in [-0.3, -0.25) is 4.79 Å². The van der Waals surface area contributed by atoms with Crippen LogP contribution in [0.3, 0.4) is 0 Å². The van der Waals surface area contributed by atoms with Crippen molar-refractivity contribution in [2.45, 2.75) is 4.90 Å². The van der Waals surface area contributed by atoms with Gasteiger partial charge in [0.25, 0.3) is 5.91 Å². The van der Waals surface area contributed by atoms with Crippen LogP contribution in [0.4, 0.5) is 14.5 Å². The summed E-state index contributed by atoms with van der Waals surface area (Å²) < 4.78 is 60.1. The lowest BCUT2D eigenvalue weighted by Crippen LogP contribution is -2.40. The number of morpholine rings is 1. The summed E-state index contributed by atoms with van der Waals surface area (Å²) in [4.78, 5) is 12.3. The zero-order chi connectivity index (χ0) is 21.5. The van der Waals surface area contributed by atoms with E-state index >= 15 is 0 Å². The SMILES string of the molecule is O=C(Nc1ccc(F)c(S(=O)(=O)N2CCOCC2)c1)c1sc2cc(F)ccc2c1Cl. The first-order valence-electron chi connectivity index (χ1n) is 8.84. The fourth-order valence-corrected chi connectivity index (χ4v) is 6.01. The fourth-order valence-electron chi connectivity index (χ4n) is 3.08. The molecule has 1 saturated heterocycles. The van der Waals surface area contributed by atoms with Crippen molar-refractivity contribution in [2.24, 2.45) is 0 Å². The maximum absolute atomic E-state index is 14.3. The van der Waals surface area contributed by atoms with Gasteiger partial charge in [0.15, 0.2) is 0 Å². The van der Waals surface area contributed by atoms with Crippen molar-refractivity contribution in [2.75, 3.05) is 31.6 Å². The maximum Gasteiger partial charge on any atom is 0.267 e. The van der Waals surface area contributed by atoms with Crippen LogP contribution < -0.4 is 5.32 Å². The number of nitrogens with one attached hydrogen (secondary N) is 1. The molecule has 0 bridgehead atoms. The molecule has 6 nitrogen and oxygen atoms in total. The lowest BCUT2D eigenvalue weighted by Gasteiger charge is -2.26. The summed E-state index contributed by atoms with van der Waals surface area (Å²) in [5, 5.41) is 3.23. The highest BCUT2D eigenvalue weighted by Crippen LogP contribution is 2.36. The van der Waals surface area contributed by atoms with Crippen molar-refractivity contribution in [3.05, 3.63) is 57.9 Å². The number of thiophene rings is 1. The van der Waals surface area contributed by atoms with Crippen molar-refractivity contribution < 1.29 is 26.7 Å². The first-order chi connectivity index (χ1) is 14.3. The van der Waals surface area contributed by atoms with Crippen molar-refractivity contribution in [3.63, 3.8) is 0 Å². The number of ether oxygens (including phenoxy) is 1. The molecule has 2 aromatic carbocycles. The lowest BCUT2D eigenvalue weighted by molar-refractivity contribution is 0.0729. The van der Waals surface area contributed by atoms with Crippen molar-refractivity contribution in [3.8, 4) is 0 Å². The van der Waals surface area contributed by atoms with Gasteiger partial charge in [0.2, 0.25) is 10.0 Å². The highest BCUT2D eigenvalue weighted by Gasteiger charge is 2.29.